The van der Waals surface area contributed by atoms with Crippen molar-refractivity contribution >= 4 is 21.7 Å². The lowest BCUT2D eigenvalue weighted by Crippen LogP contribution is -2.85. The molecule has 27 heavy (non-hydrogen) atoms. The number of carbonyl (C=O) groups excluding carboxylic acids is 2. The molecule has 0 radical (unpaired) electrons. The van der Waals surface area contributed by atoms with E-state index in [1.54, 1.807) is 30.3 Å². The van der Waals surface area contributed by atoms with Gasteiger partial charge in [-0.15, -0.1) is 0 Å². The molecule has 1 aromatic carbocycles. The van der Waals surface area contributed by atoms with Crippen LogP contribution in [0.3, 0.4) is 0 Å². The molecular formula is C20H24N2O4S. The number of amides is 2. The van der Waals surface area contributed by atoms with Gasteiger partial charge in [-0.1, -0.05) is 18.2 Å². The molecule has 1 saturated heterocycles. The average molecular weight is 388 g/mol. The number of sulfone groups is 1. The first-order chi connectivity index (χ1) is 12.8. The zero-order chi connectivity index (χ0) is 18.9. The van der Waals surface area contributed by atoms with Crippen LogP contribution in [0.4, 0.5) is 0 Å². The molecule has 7 heteroatoms. The summed E-state index contributed by atoms with van der Waals surface area (Å²) in [5, 5.41) is 3.06. The summed E-state index contributed by atoms with van der Waals surface area (Å²) in [6.45, 7) is 0.815. The molecule has 0 atom stereocenters. The quantitative estimate of drug-likeness (QED) is 0.834. The highest BCUT2D eigenvalue weighted by Crippen LogP contribution is 2.64. The van der Waals surface area contributed by atoms with Gasteiger partial charge in [0.2, 0.25) is 11.8 Å². The Morgan fingerprint density at radius 2 is 1.70 bits per heavy atom. The molecule has 4 aliphatic carbocycles. The minimum absolute atomic E-state index is 0.0835. The van der Waals surface area contributed by atoms with Gasteiger partial charge in [-0.25, -0.2) is 8.42 Å². The maximum Gasteiger partial charge on any atom is 0.242 e. The Balaban J connectivity index is 1.28. The highest BCUT2D eigenvalue weighted by molar-refractivity contribution is 7.94. The minimum Gasteiger partial charge on any atom is -0.349 e. The van der Waals surface area contributed by atoms with Crippen molar-refractivity contribution in [3.8, 4) is 0 Å². The molecule has 1 N–H and O–H groups in total. The summed E-state index contributed by atoms with van der Waals surface area (Å²) in [6.07, 6.45) is 5.68. The van der Waals surface area contributed by atoms with Gasteiger partial charge in [-0.2, -0.15) is 0 Å². The van der Waals surface area contributed by atoms with Crippen LogP contribution in [0, 0.1) is 0 Å². The summed E-state index contributed by atoms with van der Waals surface area (Å²) in [4.78, 5) is 27.4. The molecule has 0 unspecified atom stereocenters. The Morgan fingerprint density at radius 3 is 2.30 bits per heavy atom. The Morgan fingerprint density at radius 1 is 1.04 bits per heavy atom. The van der Waals surface area contributed by atoms with Gasteiger partial charge in [-0.05, 0) is 57.1 Å². The molecule has 2 amide bonds. The van der Waals surface area contributed by atoms with E-state index in [-0.39, 0.29) is 27.8 Å². The van der Waals surface area contributed by atoms with Crippen molar-refractivity contribution in [3.63, 3.8) is 0 Å². The van der Waals surface area contributed by atoms with Gasteiger partial charge in [0.1, 0.15) is 0 Å². The summed E-state index contributed by atoms with van der Waals surface area (Å²) < 4.78 is 24.7. The highest BCUT2D eigenvalue weighted by atomic mass is 32.2. The SMILES string of the molecule is O=C1CCCCN1C12CC(NC(=O)C3(S(=O)(=O)c4ccccc4)CC3)(C1)C2. The van der Waals surface area contributed by atoms with Crippen molar-refractivity contribution in [1.82, 2.24) is 10.2 Å². The smallest absolute Gasteiger partial charge is 0.242 e. The zero-order valence-electron chi connectivity index (χ0n) is 15.2. The second kappa shape index (κ2) is 5.34. The first-order valence-corrected chi connectivity index (χ1v) is 11.2. The highest BCUT2D eigenvalue weighted by Gasteiger charge is 2.73. The second-order valence-corrected chi connectivity index (χ2v) is 11.1. The number of likely N-dealkylation sites (tertiary alicyclic amines) is 1. The van der Waals surface area contributed by atoms with Gasteiger partial charge < -0.3 is 10.2 Å². The number of hydrogen-bond donors (Lipinski definition) is 1. The topological polar surface area (TPSA) is 83.6 Å². The number of carbonyl (C=O) groups is 2. The Labute approximate surface area is 159 Å². The first-order valence-electron chi connectivity index (χ1n) is 9.76. The van der Waals surface area contributed by atoms with E-state index in [1.165, 1.54) is 0 Å². The second-order valence-electron chi connectivity index (χ2n) is 8.80. The Bertz CT molecular complexity index is 901. The third-order valence-corrected chi connectivity index (χ3v) is 9.48. The Kier molecular flexibility index (Phi) is 3.41. The lowest BCUT2D eigenvalue weighted by atomic mass is 9.43. The van der Waals surface area contributed by atoms with Crippen LogP contribution >= 0.6 is 0 Å². The number of rotatable bonds is 5. The molecular weight excluding hydrogens is 364 g/mol. The van der Waals surface area contributed by atoms with E-state index < -0.39 is 14.6 Å². The van der Waals surface area contributed by atoms with Crippen LogP contribution in [0.25, 0.3) is 0 Å². The first kappa shape index (κ1) is 17.2. The average Bonchev–Trinajstić information content (AvgIpc) is 3.41. The summed E-state index contributed by atoms with van der Waals surface area (Å²) in [5.41, 5.74) is -0.392. The van der Waals surface area contributed by atoms with E-state index in [4.69, 9.17) is 0 Å². The standard InChI is InChI=1S/C20H24N2O4S/c23-16-8-4-5-11-22(16)19-12-18(13-19,14-19)21-17(24)20(9-10-20)27(25,26)15-6-2-1-3-7-15/h1-3,6-7H,4-5,8-14H2,(H,21,24). The van der Waals surface area contributed by atoms with Gasteiger partial charge in [0, 0.05) is 24.0 Å². The molecule has 144 valence electrons. The molecule has 2 bridgehead atoms. The van der Waals surface area contributed by atoms with E-state index in [9.17, 15) is 18.0 Å². The predicted molar refractivity (Wildman–Crippen MR) is 98.6 cm³/mol. The summed E-state index contributed by atoms with van der Waals surface area (Å²) in [5.74, 6) is -0.129. The van der Waals surface area contributed by atoms with Crippen molar-refractivity contribution in [2.75, 3.05) is 6.54 Å². The van der Waals surface area contributed by atoms with Crippen LogP contribution < -0.4 is 5.32 Å². The van der Waals surface area contributed by atoms with Crippen molar-refractivity contribution in [2.24, 2.45) is 0 Å². The third-order valence-electron chi connectivity index (χ3n) is 6.96. The molecule has 6 rings (SSSR count). The summed E-state index contributed by atoms with van der Waals surface area (Å²) in [6, 6.07) is 8.24. The fourth-order valence-electron chi connectivity index (χ4n) is 5.37. The molecule has 6 nitrogen and oxygen atoms in total. The number of hydrogen-bond acceptors (Lipinski definition) is 4. The van der Waals surface area contributed by atoms with E-state index in [2.05, 4.69) is 5.32 Å². The van der Waals surface area contributed by atoms with Crippen LogP contribution in [0.1, 0.15) is 51.4 Å². The lowest BCUT2D eigenvalue weighted by Gasteiger charge is -2.74. The van der Waals surface area contributed by atoms with Crippen LogP contribution in [0.5, 0.6) is 0 Å². The maximum atomic E-state index is 13.0. The molecule has 4 saturated carbocycles. The number of nitrogens with one attached hydrogen (secondary N) is 1. The normalized spacial score (nSPS) is 33.6. The molecule has 1 heterocycles. The fourth-order valence-corrected chi connectivity index (χ4v) is 7.27. The lowest BCUT2D eigenvalue weighted by molar-refractivity contribution is -0.194. The van der Waals surface area contributed by atoms with Crippen molar-refractivity contribution in [2.45, 2.75) is 72.1 Å². The molecule has 1 aromatic rings. The van der Waals surface area contributed by atoms with Crippen LogP contribution in [-0.2, 0) is 19.4 Å². The summed E-state index contributed by atoms with van der Waals surface area (Å²) in [7, 11) is -3.69. The molecule has 0 aromatic heterocycles. The van der Waals surface area contributed by atoms with Crippen LogP contribution in [0.2, 0.25) is 0 Å². The zero-order valence-corrected chi connectivity index (χ0v) is 16.1. The monoisotopic (exact) mass is 388 g/mol. The largest absolute Gasteiger partial charge is 0.349 e. The van der Waals surface area contributed by atoms with Gasteiger partial charge in [0.15, 0.2) is 14.6 Å². The van der Waals surface area contributed by atoms with Gasteiger partial charge >= 0.3 is 0 Å². The van der Waals surface area contributed by atoms with Gasteiger partial charge in [0.05, 0.1) is 4.90 Å². The number of nitrogens with zero attached hydrogens (tertiary/aromatic N) is 1. The maximum absolute atomic E-state index is 13.0. The van der Waals surface area contributed by atoms with Gasteiger partial charge in [-0.3, -0.25) is 9.59 Å². The number of benzene rings is 1. The Hall–Kier alpha value is -1.89. The third kappa shape index (κ3) is 2.27. The van der Waals surface area contributed by atoms with Crippen LogP contribution in [-0.4, -0.2) is 47.5 Å². The molecule has 0 spiro atoms. The van der Waals surface area contributed by atoms with E-state index in [0.29, 0.717) is 19.3 Å². The van der Waals surface area contributed by atoms with Crippen LogP contribution in [0.15, 0.2) is 35.2 Å². The number of piperidine rings is 1. The van der Waals surface area contributed by atoms with Crippen molar-refractivity contribution in [1.29, 1.82) is 0 Å². The van der Waals surface area contributed by atoms with Crippen molar-refractivity contribution in [3.05, 3.63) is 30.3 Å². The van der Waals surface area contributed by atoms with E-state index in [1.807, 2.05) is 4.90 Å². The van der Waals surface area contributed by atoms with E-state index in [0.717, 1.165) is 38.6 Å². The molecule has 5 fully saturated rings. The van der Waals surface area contributed by atoms with Crippen molar-refractivity contribution < 1.29 is 18.0 Å². The fraction of sp³-hybridized carbons (Fsp3) is 0.600. The molecule has 1 aliphatic heterocycles. The van der Waals surface area contributed by atoms with E-state index >= 15 is 0 Å². The predicted octanol–water partition coefficient (Wildman–Crippen LogP) is 1.80. The summed E-state index contributed by atoms with van der Waals surface area (Å²) >= 11 is 0. The van der Waals surface area contributed by atoms with Gasteiger partial charge in [0.25, 0.3) is 0 Å². The molecule has 5 aliphatic rings. The minimum atomic E-state index is -3.69.